The largest absolute Gasteiger partial charge is 0.338 e. The first-order valence-corrected chi connectivity index (χ1v) is 7.23. The van der Waals surface area contributed by atoms with E-state index in [-0.39, 0.29) is 0 Å². The van der Waals surface area contributed by atoms with Crippen LogP contribution < -0.4 is 5.32 Å². The van der Waals surface area contributed by atoms with E-state index in [0.29, 0.717) is 11.5 Å². The summed E-state index contributed by atoms with van der Waals surface area (Å²) in [5.41, 5.74) is 3.40. The van der Waals surface area contributed by atoms with Gasteiger partial charge in [-0.1, -0.05) is 30.3 Å². The molecule has 0 saturated heterocycles. The van der Waals surface area contributed by atoms with Crippen molar-refractivity contribution >= 4 is 22.7 Å². The molecule has 0 radical (unpaired) electrons. The second-order valence-electron chi connectivity index (χ2n) is 5.15. The lowest BCUT2D eigenvalue weighted by molar-refractivity contribution is 0.945. The number of nitrogens with one attached hydrogen (secondary N) is 1. The van der Waals surface area contributed by atoms with Gasteiger partial charge in [-0.25, -0.2) is 15.0 Å². The molecule has 1 N–H and O–H groups in total. The van der Waals surface area contributed by atoms with E-state index in [9.17, 15) is 0 Å². The van der Waals surface area contributed by atoms with Crippen LogP contribution in [0.2, 0.25) is 0 Å². The number of anilines is 2. The average molecular weight is 302 g/mol. The molecule has 3 aromatic heterocycles. The maximum Gasteiger partial charge on any atom is 0.183 e. The number of aromatic nitrogens is 5. The third kappa shape index (κ3) is 2.50. The van der Waals surface area contributed by atoms with Gasteiger partial charge in [-0.05, 0) is 12.1 Å². The first-order chi connectivity index (χ1) is 11.3. The standard InChI is InChI=1S/C17H14N6/c1-23-11-19-16-14(23)17(20-13-7-9-18-10-8-13)22-15(21-16)12-5-3-2-4-6-12/h2-11H,1H3,(H,18,20,21,22). The van der Waals surface area contributed by atoms with Crippen LogP contribution in [0.15, 0.2) is 61.2 Å². The molecule has 3 heterocycles. The summed E-state index contributed by atoms with van der Waals surface area (Å²) in [5, 5.41) is 3.33. The molecule has 0 atom stereocenters. The first-order valence-electron chi connectivity index (χ1n) is 7.23. The fourth-order valence-electron chi connectivity index (χ4n) is 2.43. The van der Waals surface area contributed by atoms with Crippen LogP contribution in [-0.2, 0) is 7.05 Å². The molecule has 1 aromatic carbocycles. The maximum absolute atomic E-state index is 4.70. The molecule has 0 amide bonds. The summed E-state index contributed by atoms with van der Waals surface area (Å²) in [6, 6.07) is 13.7. The molecule has 0 aliphatic rings. The minimum absolute atomic E-state index is 0.647. The second-order valence-corrected chi connectivity index (χ2v) is 5.15. The van der Waals surface area contributed by atoms with Gasteiger partial charge in [0.1, 0.15) is 5.52 Å². The maximum atomic E-state index is 4.70. The van der Waals surface area contributed by atoms with Crippen molar-refractivity contribution in [3.05, 3.63) is 61.2 Å². The highest BCUT2D eigenvalue weighted by Crippen LogP contribution is 2.26. The van der Waals surface area contributed by atoms with E-state index in [1.807, 2.05) is 54.1 Å². The molecular formula is C17H14N6. The molecule has 6 heteroatoms. The molecule has 0 bridgehead atoms. The van der Waals surface area contributed by atoms with Gasteiger partial charge in [0.15, 0.2) is 17.3 Å². The Bertz CT molecular complexity index is 947. The van der Waals surface area contributed by atoms with Crippen LogP contribution in [0.1, 0.15) is 0 Å². The summed E-state index contributed by atoms with van der Waals surface area (Å²) < 4.78 is 1.91. The topological polar surface area (TPSA) is 68.5 Å². The van der Waals surface area contributed by atoms with Crippen LogP contribution in [0.25, 0.3) is 22.6 Å². The third-order valence-corrected chi connectivity index (χ3v) is 3.55. The number of aryl methyl sites for hydroxylation is 1. The van der Waals surface area contributed by atoms with Gasteiger partial charge in [0.25, 0.3) is 0 Å². The van der Waals surface area contributed by atoms with Gasteiger partial charge in [0, 0.05) is 30.7 Å². The SMILES string of the molecule is Cn1cnc2nc(-c3ccccc3)nc(Nc3ccncc3)c21. The monoisotopic (exact) mass is 302 g/mol. The van der Waals surface area contributed by atoms with Gasteiger partial charge in [-0.2, -0.15) is 0 Å². The van der Waals surface area contributed by atoms with Crippen LogP contribution >= 0.6 is 0 Å². The minimum Gasteiger partial charge on any atom is -0.338 e. The van der Waals surface area contributed by atoms with Crippen molar-refractivity contribution in [1.29, 1.82) is 0 Å². The predicted molar refractivity (Wildman–Crippen MR) is 89.3 cm³/mol. The molecule has 0 aliphatic heterocycles. The van der Waals surface area contributed by atoms with Gasteiger partial charge in [0.05, 0.1) is 6.33 Å². The van der Waals surface area contributed by atoms with Crippen molar-refractivity contribution in [2.45, 2.75) is 0 Å². The number of nitrogens with zero attached hydrogens (tertiary/aromatic N) is 5. The van der Waals surface area contributed by atoms with Crippen molar-refractivity contribution in [1.82, 2.24) is 24.5 Å². The Morgan fingerprint density at radius 3 is 2.52 bits per heavy atom. The van der Waals surface area contributed by atoms with Crippen LogP contribution in [0.5, 0.6) is 0 Å². The third-order valence-electron chi connectivity index (χ3n) is 3.55. The van der Waals surface area contributed by atoms with Crippen LogP contribution in [0, 0.1) is 0 Å². The molecule has 0 fully saturated rings. The number of rotatable bonds is 3. The van der Waals surface area contributed by atoms with Crippen molar-refractivity contribution < 1.29 is 0 Å². The molecule has 0 spiro atoms. The Labute approximate surface area is 132 Å². The molecule has 6 nitrogen and oxygen atoms in total. The average Bonchev–Trinajstić information content (AvgIpc) is 2.98. The first kappa shape index (κ1) is 13.4. The summed E-state index contributed by atoms with van der Waals surface area (Å²) in [4.78, 5) is 17.7. The molecule has 0 unspecified atom stereocenters. The van der Waals surface area contributed by atoms with E-state index in [0.717, 1.165) is 22.6 Å². The summed E-state index contributed by atoms with van der Waals surface area (Å²) >= 11 is 0. The van der Waals surface area contributed by atoms with Crippen molar-refractivity contribution in [3.8, 4) is 11.4 Å². The molecule has 4 aromatic rings. The highest BCUT2D eigenvalue weighted by molar-refractivity contribution is 5.87. The molecule has 4 rings (SSSR count). The second kappa shape index (κ2) is 5.49. The van der Waals surface area contributed by atoms with Crippen LogP contribution in [0.4, 0.5) is 11.5 Å². The van der Waals surface area contributed by atoms with E-state index < -0.39 is 0 Å². The lowest BCUT2D eigenvalue weighted by Crippen LogP contribution is -2.01. The Balaban J connectivity index is 1.88. The lowest BCUT2D eigenvalue weighted by atomic mass is 10.2. The van der Waals surface area contributed by atoms with E-state index >= 15 is 0 Å². The van der Waals surface area contributed by atoms with Gasteiger partial charge in [-0.15, -0.1) is 0 Å². The van der Waals surface area contributed by atoms with E-state index in [2.05, 4.69) is 20.3 Å². The smallest absolute Gasteiger partial charge is 0.183 e. The number of benzene rings is 1. The number of pyridine rings is 1. The number of fused-ring (bicyclic) bond motifs is 1. The van der Waals surface area contributed by atoms with Crippen LogP contribution in [-0.4, -0.2) is 24.5 Å². The fraction of sp³-hybridized carbons (Fsp3) is 0.0588. The Kier molecular flexibility index (Phi) is 3.20. The van der Waals surface area contributed by atoms with Gasteiger partial charge < -0.3 is 9.88 Å². The predicted octanol–water partition coefficient (Wildman–Crippen LogP) is 3.17. The molecule has 23 heavy (non-hydrogen) atoms. The molecule has 0 saturated carbocycles. The summed E-state index contributed by atoms with van der Waals surface area (Å²) in [7, 11) is 1.93. The summed E-state index contributed by atoms with van der Waals surface area (Å²) in [6.45, 7) is 0. The van der Waals surface area contributed by atoms with Gasteiger partial charge in [0.2, 0.25) is 0 Å². The van der Waals surface area contributed by atoms with E-state index in [4.69, 9.17) is 4.98 Å². The summed E-state index contributed by atoms with van der Waals surface area (Å²) in [6.07, 6.45) is 5.22. The Hall–Kier alpha value is -3.28. The normalized spacial score (nSPS) is 10.8. The molecule has 0 aliphatic carbocycles. The van der Waals surface area contributed by atoms with Crippen molar-refractivity contribution in [2.24, 2.45) is 7.05 Å². The Morgan fingerprint density at radius 1 is 0.957 bits per heavy atom. The zero-order valence-corrected chi connectivity index (χ0v) is 12.5. The van der Waals surface area contributed by atoms with Crippen molar-refractivity contribution in [3.63, 3.8) is 0 Å². The van der Waals surface area contributed by atoms with Gasteiger partial charge in [-0.3, -0.25) is 4.98 Å². The van der Waals surface area contributed by atoms with Crippen LogP contribution in [0.3, 0.4) is 0 Å². The fourth-order valence-corrected chi connectivity index (χ4v) is 2.43. The number of hydrogen-bond donors (Lipinski definition) is 1. The zero-order chi connectivity index (χ0) is 15.6. The number of imidazole rings is 1. The highest BCUT2D eigenvalue weighted by atomic mass is 15.1. The van der Waals surface area contributed by atoms with E-state index in [1.165, 1.54) is 0 Å². The zero-order valence-electron chi connectivity index (χ0n) is 12.5. The minimum atomic E-state index is 0.647. The van der Waals surface area contributed by atoms with Crippen molar-refractivity contribution in [2.75, 3.05) is 5.32 Å². The van der Waals surface area contributed by atoms with E-state index in [1.54, 1.807) is 18.7 Å². The number of hydrogen-bond acceptors (Lipinski definition) is 5. The summed E-state index contributed by atoms with van der Waals surface area (Å²) in [5.74, 6) is 1.37. The molecule has 112 valence electrons. The van der Waals surface area contributed by atoms with Gasteiger partial charge >= 0.3 is 0 Å². The highest BCUT2D eigenvalue weighted by Gasteiger charge is 2.13. The lowest BCUT2D eigenvalue weighted by Gasteiger charge is -2.09. The quantitative estimate of drug-likeness (QED) is 0.629. The molecular weight excluding hydrogens is 288 g/mol. The Morgan fingerprint density at radius 2 is 1.74 bits per heavy atom.